The van der Waals surface area contributed by atoms with E-state index in [1.165, 1.54) is 0 Å². The van der Waals surface area contributed by atoms with Gasteiger partial charge >= 0.3 is 126 Å². The summed E-state index contributed by atoms with van der Waals surface area (Å²) in [5.41, 5.74) is 0.533. The Hall–Kier alpha value is 0.845. The third-order valence-corrected chi connectivity index (χ3v) is 5.38. The molecule has 0 saturated carbocycles. The minimum absolute atomic E-state index is 0. The molecule has 1 rings (SSSR count). The summed E-state index contributed by atoms with van der Waals surface area (Å²) in [6.07, 6.45) is 0. The first-order valence-electron chi connectivity index (χ1n) is 4.19. The van der Waals surface area contributed by atoms with E-state index in [0.717, 1.165) is 3.93 Å². The zero-order valence-corrected chi connectivity index (χ0v) is 16.8. The molecule has 0 atom stereocenters. The van der Waals surface area contributed by atoms with Gasteiger partial charge in [0.15, 0.2) is 0 Å². The normalized spacial score (nSPS) is 8.36. The van der Waals surface area contributed by atoms with Gasteiger partial charge in [-0.1, -0.05) is 0 Å². The molecule has 0 aromatic heterocycles. The van der Waals surface area contributed by atoms with Crippen molar-refractivity contribution < 1.29 is 62.3 Å². The Morgan fingerprint density at radius 1 is 1.50 bits per heavy atom. The van der Waals surface area contributed by atoms with Crippen molar-refractivity contribution in [2.75, 3.05) is 0 Å². The van der Waals surface area contributed by atoms with Gasteiger partial charge in [0.2, 0.25) is 0 Å². The number of hydrogen-bond acceptors (Lipinski definition) is 3. The van der Waals surface area contributed by atoms with Gasteiger partial charge in [-0.05, 0) is 0 Å². The van der Waals surface area contributed by atoms with Crippen LogP contribution in [0.25, 0.3) is 0 Å². The van der Waals surface area contributed by atoms with Crippen LogP contribution in [-0.4, -0.2) is 5.05 Å². The molecule has 0 N–H and O–H groups in total. The molecule has 0 heterocycles. The minimum Gasteiger partial charge on any atom is 1.00 e. The summed E-state index contributed by atoms with van der Waals surface area (Å²) in [5, 5.41) is 10.7. The van der Waals surface area contributed by atoms with Crippen LogP contribution < -0.4 is 37.3 Å². The molecule has 1 aromatic rings. The largest absolute Gasteiger partial charge is 1.00 e. The third kappa shape index (κ3) is 4.58. The predicted octanol–water partition coefficient (Wildman–Crippen LogP) is -1.46. The third-order valence-electron chi connectivity index (χ3n) is 1.57. The number of benzene rings is 1. The van der Waals surface area contributed by atoms with Crippen molar-refractivity contribution >= 4 is 17.3 Å². The van der Waals surface area contributed by atoms with Crippen LogP contribution in [0.3, 0.4) is 0 Å². The summed E-state index contributed by atoms with van der Waals surface area (Å²) in [7, 11) is 0. The van der Waals surface area contributed by atoms with Gasteiger partial charge in [0.25, 0.3) is 0 Å². The Morgan fingerprint density at radius 3 is 2.71 bits per heavy atom. The molecule has 0 bridgehead atoms. The Morgan fingerprint density at radius 2 is 2.14 bits per heavy atom. The van der Waals surface area contributed by atoms with Crippen LogP contribution >= 0.6 is 12.2 Å². The first-order valence-corrected chi connectivity index (χ1v) is 10.7. The maximum atomic E-state index is 11.0. The van der Waals surface area contributed by atoms with E-state index in [-0.39, 0.29) is 34.6 Å². The van der Waals surface area contributed by atoms with Gasteiger partial charge in [-0.25, -0.2) is 0 Å². The summed E-state index contributed by atoms with van der Waals surface area (Å²) < 4.78 is 6.72. The van der Waals surface area contributed by atoms with E-state index in [9.17, 15) is 5.11 Å². The second-order valence-electron chi connectivity index (χ2n) is 2.63. The first kappa shape index (κ1) is 14.8. The SMILES string of the molecule is C[CH2][Hg][O]c1ccccc1C([O-])=S.[Na+]. The van der Waals surface area contributed by atoms with Crippen molar-refractivity contribution in [2.45, 2.75) is 10.9 Å². The average molecular weight is 405 g/mol. The molecule has 0 aliphatic rings. The van der Waals surface area contributed by atoms with Gasteiger partial charge in [0.05, 0.1) is 0 Å². The molecule has 0 spiro atoms. The van der Waals surface area contributed by atoms with E-state index in [1.54, 1.807) is 12.1 Å². The molecule has 1 aromatic carbocycles. The zero-order valence-electron chi connectivity index (χ0n) is 8.45. The maximum Gasteiger partial charge on any atom is 1.00 e. The topological polar surface area (TPSA) is 32.3 Å². The maximum absolute atomic E-state index is 11.0. The fourth-order valence-electron chi connectivity index (χ4n) is 0.973. The predicted molar refractivity (Wildman–Crippen MR) is 49.3 cm³/mol. The standard InChI is InChI=1S/C7H6O2S.C2H5.Hg.Na/c8-6-4-2-1-3-5(6)7(9)10;1-2;;/h1-4,8H,(H,9,10);1H2,2H3;;/q;;2*+1/p-2. The van der Waals surface area contributed by atoms with Crippen molar-refractivity contribution in [1.29, 1.82) is 0 Å². The van der Waals surface area contributed by atoms with Gasteiger partial charge in [-0.2, -0.15) is 0 Å². The smallest absolute Gasteiger partial charge is 1.00 e. The molecule has 0 unspecified atom stereocenters. The fraction of sp³-hybridized carbons (Fsp3) is 0.222. The molecule has 0 radical (unpaired) electrons. The monoisotopic (exact) mass is 406 g/mol. The Balaban J connectivity index is 0.00000169. The van der Waals surface area contributed by atoms with Gasteiger partial charge in [-0.15, -0.1) is 0 Å². The average Bonchev–Trinajstić information content (AvgIpc) is 2.15. The second-order valence-corrected chi connectivity index (χ2v) is 9.60. The number of rotatable bonds is 4. The van der Waals surface area contributed by atoms with E-state index in [0.29, 0.717) is 11.3 Å². The zero-order chi connectivity index (χ0) is 9.68. The van der Waals surface area contributed by atoms with Crippen molar-refractivity contribution in [2.24, 2.45) is 0 Å². The molecule has 5 heteroatoms. The van der Waals surface area contributed by atoms with Gasteiger partial charge in [0.1, 0.15) is 0 Å². The van der Waals surface area contributed by atoms with Gasteiger partial charge < -0.3 is 0 Å². The molecule has 0 aliphatic carbocycles. The molecule has 0 amide bonds. The molecule has 2 nitrogen and oxygen atoms in total. The van der Waals surface area contributed by atoms with Crippen LogP contribution in [0.4, 0.5) is 0 Å². The Kier molecular flexibility index (Phi) is 8.54. The molecule has 0 aliphatic heterocycles. The summed E-state index contributed by atoms with van der Waals surface area (Å²) in [6.45, 7) is 2.11. The number of thiocarbonyl (C=S) groups is 1. The minimum atomic E-state index is -1.21. The van der Waals surface area contributed by atoms with Crippen molar-refractivity contribution in [3.8, 4) is 5.75 Å². The number of hydrogen-bond donors (Lipinski definition) is 0. The van der Waals surface area contributed by atoms with Crippen LogP contribution in [0.5, 0.6) is 5.75 Å². The molecule has 14 heavy (non-hydrogen) atoms. The van der Waals surface area contributed by atoms with Crippen molar-refractivity contribution in [3.05, 3.63) is 29.8 Å². The molecule has 0 saturated heterocycles. The van der Waals surface area contributed by atoms with Gasteiger partial charge in [-0.3, -0.25) is 0 Å². The number of para-hydroxylation sites is 1. The summed E-state index contributed by atoms with van der Waals surface area (Å²) in [4.78, 5) is 0. The van der Waals surface area contributed by atoms with Crippen molar-refractivity contribution in [3.63, 3.8) is 0 Å². The first-order chi connectivity index (χ1) is 6.25. The summed E-state index contributed by atoms with van der Waals surface area (Å²) in [6, 6.07) is 7.19. The quantitative estimate of drug-likeness (QED) is 0.454. The molecule has 0 fully saturated rings. The van der Waals surface area contributed by atoms with E-state index in [4.69, 9.17) is 2.64 Å². The van der Waals surface area contributed by atoms with E-state index in [2.05, 4.69) is 19.1 Å². The van der Waals surface area contributed by atoms with Gasteiger partial charge in [0, 0.05) is 0 Å². The summed E-state index contributed by atoms with van der Waals surface area (Å²) >= 11 is 3.38. The van der Waals surface area contributed by atoms with Crippen LogP contribution in [0.2, 0.25) is 3.93 Å². The van der Waals surface area contributed by atoms with Crippen LogP contribution in [0.1, 0.15) is 12.5 Å². The second kappa shape index (κ2) is 8.05. The summed E-state index contributed by atoms with van der Waals surface area (Å²) in [5.74, 6) is 0.686. The van der Waals surface area contributed by atoms with E-state index >= 15 is 0 Å². The Labute approximate surface area is 124 Å². The van der Waals surface area contributed by atoms with Crippen LogP contribution in [0.15, 0.2) is 24.3 Å². The fourth-order valence-corrected chi connectivity index (χ4v) is 3.77. The molecular weight excluding hydrogens is 396 g/mol. The van der Waals surface area contributed by atoms with Crippen LogP contribution in [0, 0.1) is 0 Å². The van der Waals surface area contributed by atoms with E-state index < -0.39 is 25.0 Å². The molecule has 66 valence electrons. The van der Waals surface area contributed by atoms with E-state index in [1.807, 2.05) is 12.1 Å². The van der Waals surface area contributed by atoms with Crippen LogP contribution in [-0.2, 0) is 25.0 Å². The Bertz CT molecular complexity index is 307. The van der Waals surface area contributed by atoms with Crippen molar-refractivity contribution in [1.82, 2.24) is 0 Å². The molecular formula is C9H9HgNaO2S.